The maximum absolute atomic E-state index is 10.3. The lowest BCUT2D eigenvalue weighted by Crippen LogP contribution is -2.17. The molecule has 0 radical (unpaired) electrons. The molecule has 0 bridgehead atoms. The SMILES string of the molecule is CC(C)=CC(OC=O)Oc1cccc(Cl)c1Cl. The zero-order chi connectivity index (χ0) is 12.8. The number of carbonyl (C=O) groups is 1. The summed E-state index contributed by atoms with van der Waals surface area (Å²) in [5.41, 5.74) is 0.954. The van der Waals surface area contributed by atoms with Crippen molar-refractivity contribution in [1.82, 2.24) is 0 Å². The van der Waals surface area contributed by atoms with E-state index in [2.05, 4.69) is 0 Å². The Kier molecular flexibility index (Phi) is 5.32. The van der Waals surface area contributed by atoms with Gasteiger partial charge in [-0.25, -0.2) is 0 Å². The van der Waals surface area contributed by atoms with Gasteiger partial charge in [-0.1, -0.05) is 34.8 Å². The molecule has 0 aliphatic carbocycles. The summed E-state index contributed by atoms with van der Waals surface area (Å²) in [5, 5.41) is 0.669. The van der Waals surface area contributed by atoms with E-state index in [0.29, 0.717) is 17.2 Å². The van der Waals surface area contributed by atoms with Crippen molar-refractivity contribution in [3.63, 3.8) is 0 Å². The summed E-state index contributed by atoms with van der Waals surface area (Å²) in [6.45, 7) is 4.05. The largest absolute Gasteiger partial charge is 0.449 e. The number of ether oxygens (including phenoxy) is 2. The molecule has 0 N–H and O–H groups in total. The molecule has 1 aromatic rings. The van der Waals surface area contributed by atoms with Gasteiger partial charge in [-0.2, -0.15) is 0 Å². The summed E-state index contributed by atoms with van der Waals surface area (Å²) in [5.74, 6) is 0.364. The van der Waals surface area contributed by atoms with Crippen molar-refractivity contribution in [2.45, 2.75) is 20.1 Å². The fourth-order valence-corrected chi connectivity index (χ4v) is 1.46. The number of rotatable bonds is 5. The topological polar surface area (TPSA) is 35.5 Å². The molecule has 5 heteroatoms. The first-order valence-electron chi connectivity index (χ1n) is 4.89. The maximum Gasteiger partial charge on any atom is 0.296 e. The number of hydrogen-bond donors (Lipinski definition) is 0. The van der Waals surface area contributed by atoms with Crippen LogP contribution in [0.3, 0.4) is 0 Å². The molecule has 1 unspecified atom stereocenters. The minimum Gasteiger partial charge on any atom is -0.449 e. The van der Waals surface area contributed by atoms with Gasteiger partial charge in [0.2, 0.25) is 0 Å². The van der Waals surface area contributed by atoms with Gasteiger partial charge >= 0.3 is 0 Å². The van der Waals surface area contributed by atoms with Gasteiger partial charge in [0.25, 0.3) is 12.8 Å². The van der Waals surface area contributed by atoms with Gasteiger partial charge in [0.05, 0.1) is 5.02 Å². The molecule has 0 fully saturated rings. The monoisotopic (exact) mass is 274 g/mol. The molecule has 0 aliphatic heterocycles. The molecular weight excluding hydrogens is 263 g/mol. The van der Waals surface area contributed by atoms with Crippen LogP contribution in [-0.2, 0) is 9.53 Å². The Morgan fingerprint density at radius 3 is 2.65 bits per heavy atom. The first kappa shape index (κ1) is 13.9. The molecule has 0 heterocycles. The minimum atomic E-state index is -0.812. The zero-order valence-electron chi connectivity index (χ0n) is 9.44. The van der Waals surface area contributed by atoms with Gasteiger partial charge in [-0.05, 0) is 32.1 Å². The number of carbonyl (C=O) groups excluding carboxylic acids is 1. The van der Waals surface area contributed by atoms with Crippen molar-refractivity contribution in [3.8, 4) is 5.75 Å². The first-order valence-corrected chi connectivity index (χ1v) is 5.65. The van der Waals surface area contributed by atoms with Crippen molar-refractivity contribution in [1.29, 1.82) is 0 Å². The van der Waals surface area contributed by atoms with Crippen molar-refractivity contribution in [2.75, 3.05) is 0 Å². The number of hydrogen-bond acceptors (Lipinski definition) is 3. The first-order chi connectivity index (χ1) is 8.04. The maximum atomic E-state index is 10.3. The lowest BCUT2D eigenvalue weighted by Gasteiger charge is -2.15. The van der Waals surface area contributed by atoms with Gasteiger partial charge in [-0.3, -0.25) is 4.79 Å². The fourth-order valence-electron chi connectivity index (χ4n) is 1.13. The summed E-state index contributed by atoms with van der Waals surface area (Å²) in [7, 11) is 0. The van der Waals surface area contributed by atoms with Crippen molar-refractivity contribution in [3.05, 3.63) is 39.9 Å². The normalized spacial score (nSPS) is 11.5. The van der Waals surface area contributed by atoms with Crippen LogP contribution in [0.4, 0.5) is 0 Å². The third-order valence-corrected chi connectivity index (χ3v) is 2.62. The van der Waals surface area contributed by atoms with E-state index in [1.54, 1.807) is 24.3 Å². The summed E-state index contributed by atoms with van der Waals surface area (Å²) in [4.78, 5) is 10.3. The van der Waals surface area contributed by atoms with Gasteiger partial charge in [0.1, 0.15) is 10.8 Å². The van der Waals surface area contributed by atoms with Crippen molar-refractivity contribution in [2.24, 2.45) is 0 Å². The lowest BCUT2D eigenvalue weighted by molar-refractivity contribution is -0.141. The van der Waals surface area contributed by atoms with Crippen molar-refractivity contribution < 1.29 is 14.3 Å². The second kappa shape index (κ2) is 6.52. The molecule has 1 atom stereocenters. The van der Waals surface area contributed by atoms with Crippen LogP contribution < -0.4 is 4.74 Å². The number of allylic oxidation sites excluding steroid dienone is 1. The van der Waals surface area contributed by atoms with E-state index in [0.717, 1.165) is 5.57 Å². The Hall–Kier alpha value is -1.19. The van der Waals surface area contributed by atoms with Crippen LogP contribution in [0.25, 0.3) is 0 Å². The summed E-state index contributed by atoms with van der Waals surface area (Å²) < 4.78 is 10.2. The van der Waals surface area contributed by atoms with Gasteiger partial charge in [0, 0.05) is 0 Å². The van der Waals surface area contributed by atoms with Crippen LogP contribution in [-0.4, -0.2) is 12.8 Å². The molecule has 3 nitrogen and oxygen atoms in total. The summed E-state index contributed by atoms with van der Waals surface area (Å²) in [6, 6.07) is 4.99. The van der Waals surface area contributed by atoms with Crippen molar-refractivity contribution >= 4 is 29.7 Å². The Bertz CT molecular complexity index is 426. The zero-order valence-corrected chi connectivity index (χ0v) is 11.0. The standard InChI is InChI=1S/C12H12Cl2O3/c1-8(2)6-11(16-7-15)17-10-5-3-4-9(13)12(10)14/h3-7,11H,1-2H3. The number of benzene rings is 1. The highest BCUT2D eigenvalue weighted by molar-refractivity contribution is 6.42. The highest BCUT2D eigenvalue weighted by Crippen LogP contribution is 2.32. The Morgan fingerprint density at radius 2 is 2.06 bits per heavy atom. The Labute approximate surface area is 110 Å². The van der Waals surface area contributed by atoms with Crippen LogP contribution >= 0.6 is 23.2 Å². The average molecular weight is 275 g/mol. The van der Waals surface area contributed by atoms with Crippen LogP contribution in [0.1, 0.15) is 13.8 Å². The number of halogens is 2. The molecule has 0 saturated carbocycles. The third kappa shape index (κ3) is 4.29. The van der Waals surface area contributed by atoms with Gasteiger partial charge < -0.3 is 9.47 Å². The minimum absolute atomic E-state index is 0.288. The molecule has 0 spiro atoms. The van der Waals surface area contributed by atoms with E-state index in [-0.39, 0.29) is 5.02 Å². The Balaban J connectivity index is 2.89. The molecule has 0 aliphatic rings. The highest BCUT2D eigenvalue weighted by atomic mass is 35.5. The third-order valence-electron chi connectivity index (χ3n) is 1.82. The molecule has 0 aromatic heterocycles. The average Bonchev–Trinajstić information content (AvgIpc) is 2.24. The molecule has 1 aromatic carbocycles. The fraction of sp³-hybridized carbons (Fsp3) is 0.250. The van der Waals surface area contributed by atoms with E-state index < -0.39 is 6.29 Å². The summed E-state index contributed by atoms with van der Waals surface area (Å²) >= 11 is 11.8. The summed E-state index contributed by atoms with van der Waals surface area (Å²) in [6.07, 6.45) is 0.847. The van der Waals surface area contributed by atoms with E-state index in [1.807, 2.05) is 13.8 Å². The molecule has 0 amide bonds. The van der Waals surface area contributed by atoms with Gasteiger partial charge in [-0.15, -0.1) is 0 Å². The molecule has 1 rings (SSSR count). The van der Waals surface area contributed by atoms with Crippen LogP contribution in [0.2, 0.25) is 10.0 Å². The predicted molar refractivity (Wildman–Crippen MR) is 67.5 cm³/mol. The lowest BCUT2D eigenvalue weighted by atomic mass is 10.3. The van der Waals surface area contributed by atoms with Gasteiger partial charge in [0.15, 0.2) is 0 Å². The molecule has 92 valence electrons. The second-order valence-corrected chi connectivity index (χ2v) is 4.30. The second-order valence-electron chi connectivity index (χ2n) is 3.51. The van der Waals surface area contributed by atoms with Crippen LogP contribution in [0.5, 0.6) is 5.75 Å². The predicted octanol–water partition coefficient (Wildman–Crippen LogP) is 3.84. The Morgan fingerprint density at radius 1 is 1.35 bits per heavy atom. The van der Waals surface area contributed by atoms with E-state index in [9.17, 15) is 4.79 Å². The van der Waals surface area contributed by atoms with Crippen LogP contribution in [0.15, 0.2) is 29.8 Å². The molecular formula is C12H12Cl2O3. The molecule has 17 heavy (non-hydrogen) atoms. The highest BCUT2D eigenvalue weighted by Gasteiger charge is 2.12. The quantitative estimate of drug-likeness (QED) is 0.465. The smallest absolute Gasteiger partial charge is 0.296 e. The van der Waals surface area contributed by atoms with Crippen LogP contribution in [0, 0.1) is 0 Å². The van der Waals surface area contributed by atoms with E-state index in [4.69, 9.17) is 32.7 Å². The molecule has 0 saturated heterocycles. The van der Waals surface area contributed by atoms with E-state index in [1.165, 1.54) is 0 Å². The van der Waals surface area contributed by atoms with E-state index >= 15 is 0 Å².